The summed E-state index contributed by atoms with van der Waals surface area (Å²) in [6.07, 6.45) is 2.63. The monoisotopic (exact) mass is 432 g/mol. The van der Waals surface area contributed by atoms with Gasteiger partial charge in [0.1, 0.15) is 6.20 Å². The smallest absolute Gasteiger partial charge is 0.337 e. The molecule has 1 fully saturated rings. The van der Waals surface area contributed by atoms with E-state index in [4.69, 9.17) is 9.57 Å². The number of hydrogen-bond acceptors (Lipinski definition) is 9. The molecule has 1 aliphatic rings. The van der Waals surface area contributed by atoms with E-state index in [-0.39, 0.29) is 28.2 Å². The summed E-state index contributed by atoms with van der Waals surface area (Å²) in [6.45, 7) is 0.639. The molecular weight excluding hydrogens is 416 g/mol. The molecule has 3 aromatic rings. The Hall–Kier alpha value is -3.51. The van der Waals surface area contributed by atoms with Gasteiger partial charge < -0.3 is 9.57 Å². The lowest BCUT2D eigenvalue weighted by Crippen LogP contribution is -2.21. The third-order valence-electron chi connectivity index (χ3n) is 4.67. The van der Waals surface area contributed by atoms with Crippen LogP contribution in [-0.2, 0) is 24.4 Å². The van der Waals surface area contributed by atoms with Crippen molar-refractivity contribution in [2.45, 2.75) is 11.3 Å². The summed E-state index contributed by atoms with van der Waals surface area (Å²) in [5, 5.41) is 11.5. The first-order valence-electron chi connectivity index (χ1n) is 8.89. The van der Waals surface area contributed by atoms with Gasteiger partial charge in [0.15, 0.2) is 11.3 Å². The first-order valence-corrected chi connectivity index (χ1v) is 10.3. The van der Waals surface area contributed by atoms with Crippen molar-refractivity contribution in [2.75, 3.05) is 18.7 Å². The number of fused-ring (bicyclic) bond motifs is 1. The van der Waals surface area contributed by atoms with E-state index in [0.717, 1.165) is 10.2 Å². The van der Waals surface area contributed by atoms with Crippen LogP contribution in [0.25, 0.3) is 11.0 Å². The van der Waals surface area contributed by atoms with E-state index in [1.165, 1.54) is 24.4 Å². The van der Waals surface area contributed by atoms with Gasteiger partial charge in [0.25, 0.3) is 10.0 Å². The van der Waals surface area contributed by atoms with Gasteiger partial charge >= 0.3 is 11.7 Å². The van der Waals surface area contributed by atoms with Gasteiger partial charge in [-0.25, -0.2) is 27.6 Å². The predicted molar refractivity (Wildman–Crippen MR) is 104 cm³/mol. The summed E-state index contributed by atoms with van der Waals surface area (Å²) in [5.41, 5.74) is 1.64. The zero-order valence-corrected chi connectivity index (χ0v) is 16.2. The van der Waals surface area contributed by atoms with Crippen LogP contribution in [0, 0.1) is 16.0 Å². The summed E-state index contributed by atoms with van der Waals surface area (Å²) < 4.78 is 31.9. The van der Waals surface area contributed by atoms with Gasteiger partial charge in [0, 0.05) is 12.8 Å². The third-order valence-corrected chi connectivity index (χ3v) is 6.35. The van der Waals surface area contributed by atoms with E-state index in [2.05, 4.69) is 10.5 Å². The summed E-state index contributed by atoms with van der Waals surface area (Å²) in [5.74, 6) is -1.10. The van der Waals surface area contributed by atoms with Gasteiger partial charge in [-0.2, -0.15) is 0 Å². The van der Waals surface area contributed by atoms with Gasteiger partial charge in [-0.3, -0.25) is 10.1 Å². The number of hydrogen-bond donors (Lipinski definition) is 1. The summed E-state index contributed by atoms with van der Waals surface area (Å²) >= 11 is 0. The van der Waals surface area contributed by atoms with Crippen LogP contribution >= 0.6 is 0 Å². The minimum Gasteiger partial charge on any atom is -0.381 e. The van der Waals surface area contributed by atoms with E-state index in [1.807, 2.05) is 0 Å². The Labute approximate surface area is 170 Å². The van der Waals surface area contributed by atoms with Gasteiger partial charge in [-0.1, -0.05) is 18.2 Å². The molecule has 30 heavy (non-hydrogen) atoms. The van der Waals surface area contributed by atoms with Crippen LogP contribution in [0.3, 0.4) is 0 Å². The van der Waals surface area contributed by atoms with Crippen molar-refractivity contribution in [3.05, 3.63) is 58.9 Å². The lowest BCUT2D eigenvalue weighted by atomic mass is 10.1. The van der Waals surface area contributed by atoms with Crippen LogP contribution in [-0.4, -0.2) is 41.5 Å². The Balaban J connectivity index is 1.74. The number of nitrogens with zero attached hydrogens (tertiary/aromatic N) is 3. The quantitative estimate of drug-likeness (QED) is 0.457. The number of nitro groups is 1. The number of anilines is 1. The maximum absolute atomic E-state index is 12.9. The minimum atomic E-state index is -3.98. The number of nitrogens with one attached hydrogen (secondary N) is 1. The van der Waals surface area contributed by atoms with E-state index < -0.39 is 32.5 Å². The molecule has 1 aromatic carbocycles. The van der Waals surface area contributed by atoms with Crippen LogP contribution in [0.2, 0.25) is 0 Å². The molecular formula is C18H16N4O7S. The molecule has 12 heteroatoms. The second-order valence-corrected chi connectivity index (χ2v) is 8.34. The highest BCUT2D eigenvalue weighted by Gasteiger charge is 2.28. The highest BCUT2D eigenvalue weighted by molar-refractivity contribution is 7.90. The van der Waals surface area contributed by atoms with Crippen molar-refractivity contribution >= 4 is 38.4 Å². The van der Waals surface area contributed by atoms with Crippen LogP contribution in [0.15, 0.2) is 53.7 Å². The molecule has 0 saturated carbocycles. The highest BCUT2D eigenvalue weighted by Crippen LogP contribution is 2.33. The zero-order chi connectivity index (χ0) is 21.3. The fraction of sp³-hybridized carbons (Fsp3) is 0.222. The fourth-order valence-electron chi connectivity index (χ4n) is 3.10. The number of pyridine rings is 1. The molecule has 0 bridgehead atoms. The molecule has 0 aliphatic carbocycles. The first kappa shape index (κ1) is 19.8. The standard InChI is InChI=1S/C18H16N4O7S/c23-18(12-7-9-28-11-12)29-20-16-14-6-8-21(17(14)19-10-15(16)22(24)25)30(26,27)13-4-2-1-3-5-13/h1-6,8,10,12H,7,9,11H2,(H,19,20). The van der Waals surface area contributed by atoms with Crippen LogP contribution < -0.4 is 5.48 Å². The normalized spacial score (nSPS) is 16.5. The van der Waals surface area contributed by atoms with E-state index in [9.17, 15) is 23.3 Å². The highest BCUT2D eigenvalue weighted by atomic mass is 32.2. The number of aromatic nitrogens is 2. The van der Waals surface area contributed by atoms with Crippen molar-refractivity contribution in [1.29, 1.82) is 0 Å². The van der Waals surface area contributed by atoms with Crippen molar-refractivity contribution in [1.82, 2.24) is 8.96 Å². The van der Waals surface area contributed by atoms with Crippen LogP contribution in [0.5, 0.6) is 0 Å². The zero-order valence-electron chi connectivity index (χ0n) is 15.4. The molecule has 1 atom stereocenters. The molecule has 4 rings (SSSR count). The fourth-order valence-corrected chi connectivity index (χ4v) is 4.43. The van der Waals surface area contributed by atoms with Crippen molar-refractivity contribution in [3.8, 4) is 0 Å². The summed E-state index contributed by atoms with van der Waals surface area (Å²) in [7, 11) is -3.98. The Bertz CT molecular complexity index is 1220. The van der Waals surface area contributed by atoms with Gasteiger partial charge in [0.05, 0.1) is 27.7 Å². The number of carbonyl (C=O) groups excluding carboxylic acids is 1. The number of carbonyl (C=O) groups is 1. The average Bonchev–Trinajstić information content (AvgIpc) is 3.42. The predicted octanol–water partition coefficient (Wildman–Crippen LogP) is 2.09. The first-order chi connectivity index (χ1) is 14.4. The molecule has 0 radical (unpaired) electrons. The molecule has 1 unspecified atom stereocenters. The molecule has 11 nitrogen and oxygen atoms in total. The average molecular weight is 432 g/mol. The van der Waals surface area contributed by atoms with Gasteiger partial charge in [0.2, 0.25) is 0 Å². The van der Waals surface area contributed by atoms with Crippen LogP contribution in [0.4, 0.5) is 11.4 Å². The lowest BCUT2D eigenvalue weighted by Gasteiger charge is -2.11. The molecule has 3 heterocycles. The topological polar surface area (TPSA) is 143 Å². The molecule has 1 aliphatic heterocycles. The largest absolute Gasteiger partial charge is 0.381 e. The lowest BCUT2D eigenvalue weighted by molar-refractivity contribution is -0.384. The Morgan fingerprint density at radius 3 is 2.73 bits per heavy atom. The second kappa shape index (κ2) is 7.72. The Kier molecular flexibility index (Phi) is 5.10. The van der Waals surface area contributed by atoms with E-state index in [0.29, 0.717) is 13.0 Å². The van der Waals surface area contributed by atoms with Crippen molar-refractivity contribution < 1.29 is 27.7 Å². The molecule has 0 spiro atoms. The van der Waals surface area contributed by atoms with Gasteiger partial charge in [-0.15, -0.1) is 0 Å². The molecule has 1 saturated heterocycles. The number of ether oxygens (including phenoxy) is 1. The molecule has 2 aromatic heterocycles. The molecule has 1 N–H and O–H groups in total. The van der Waals surface area contributed by atoms with E-state index >= 15 is 0 Å². The van der Waals surface area contributed by atoms with Crippen molar-refractivity contribution in [2.24, 2.45) is 5.92 Å². The number of rotatable bonds is 6. The maximum atomic E-state index is 12.9. The van der Waals surface area contributed by atoms with E-state index in [1.54, 1.807) is 18.2 Å². The number of benzene rings is 1. The summed E-state index contributed by atoms with van der Waals surface area (Å²) in [6, 6.07) is 9.05. The molecule has 0 amide bonds. The third kappa shape index (κ3) is 3.46. The second-order valence-electron chi connectivity index (χ2n) is 6.53. The Morgan fingerprint density at radius 2 is 2.07 bits per heavy atom. The minimum absolute atomic E-state index is 0.0322. The maximum Gasteiger partial charge on any atom is 0.337 e. The SMILES string of the molecule is O=C(ONc1c([N+](=O)[O-])cnc2c1ccn2S(=O)(=O)c1ccccc1)C1CCOC1. The summed E-state index contributed by atoms with van der Waals surface area (Å²) in [4.78, 5) is 31.9. The molecule has 156 valence electrons. The van der Waals surface area contributed by atoms with Gasteiger partial charge in [-0.05, 0) is 24.6 Å². The van der Waals surface area contributed by atoms with Crippen molar-refractivity contribution in [3.63, 3.8) is 0 Å². The van der Waals surface area contributed by atoms with Crippen LogP contribution in [0.1, 0.15) is 6.42 Å². The Morgan fingerprint density at radius 1 is 1.30 bits per heavy atom.